The Labute approximate surface area is 145 Å². The summed E-state index contributed by atoms with van der Waals surface area (Å²) < 4.78 is 5.90. The van der Waals surface area contributed by atoms with Gasteiger partial charge in [0.05, 0.1) is 12.1 Å². The molecule has 1 atom stereocenters. The number of benzene rings is 1. The van der Waals surface area contributed by atoms with Crippen LogP contribution >= 0.6 is 0 Å². The zero-order chi connectivity index (χ0) is 17.9. The summed E-state index contributed by atoms with van der Waals surface area (Å²) in [6.07, 6.45) is 3.12. The van der Waals surface area contributed by atoms with Crippen molar-refractivity contribution in [3.63, 3.8) is 0 Å². The summed E-state index contributed by atoms with van der Waals surface area (Å²) in [5.41, 5.74) is 0.250. The maximum absolute atomic E-state index is 12.2. The Balaban J connectivity index is 2.01. The quantitative estimate of drug-likeness (QED) is 0.831. The fourth-order valence-corrected chi connectivity index (χ4v) is 3.13. The maximum atomic E-state index is 12.2. The first-order valence-corrected chi connectivity index (χ1v) is 8.64. The van der Waals surface area contributed by atoms with Crippen molar-refractivity contribution in [1.29, 1.82) is 0 Å². The van der Waals surface area contributed by atoms with E-state index in [4.69, 9.17) is 4.74 Å². The van der Waals surface area contributed by atoms with Crippen LogP contribution in [0, 0.1) is 5.92 Å². The normalized spacial score (nSPS) is 16.5. The lowest BCUT2D eigenvalue weighted by molar-refractivity contribution is -0.126. The molecule has 0 bridgehead atoms. The van der Waals surface area contributed by atoms with Crippen LogP contribution in [0.5, 0.6) is 5.75 Å². The summed E-state index contributed by atoms with van der Waals surface area (Å²) in [7, 11) is 0. The summed E-state index contributed by atoms with van der Waals surface area (Å²) in [6, 6.07) is 7.88. The topological polar surface area (TPSA) is 49.8 Å². The third-order valence-corrected chi connectivity index (χ3v) is 4.02. The number of nitrogens with zero attached hydrogens (tertiary/aromatic N) is 1. The van der Waals surface area contributed by atoms with Crippen molar-refractivity contribution < 1.29 is 14.6 Å². The van der Waals surface area contributed by atoms with E-state index in [-0.39, 0.29) is 11.9 Å². The molecule has 1 aliphatic heterocycles. The molecular weight excluding hydrogens is 302 g/mol. The second-order valence-corrected chi connectivity index (χ2v) is 7.79. The van der Waals surface area contributed by atoms with Crippen molar-refractivity contribution in [3.05, 3.63) is 41.7 Å². The van der Waals surface area contributed by atoms with Crippen LogP contribution in [0.3, 0.4) is 0 Å². The van der Waals surface area contributed by atoms with Crippen LogP contribution in [-0.2, 0) is 11.2 Å². The number of carbonyl (C=O) groups excluding carboxylic acids is 1. The van der Waals surface area contributed by atoms with Crippen molar-refractivity contribution >= 4 is 5.91 Å². The molecule has 0 fully saturated rings. The third-order valence-electron chi connectivity index (χ3n) is 4.02. The standard InChI is InChI=1S/C20H29NO3/c1-14(2)9-15(3)21-13-18(11-19(21)22)24-17-8-6-7-16(10-17)12-20(4,5)23/h6-8,10-11,14-15,23H,9,12-13H2,1-5H3. The Morgan fingerprint density at radius 3 is 2.62 bits per heavy atom. The average molecular weight is 331 g/mol. The van der Waals surface area contributed by atoms with Crippen molar-refractivity contribution in [2.45, 2.75) is 59.1 Å². The van der Waals surface area contributed by atoms with Crippen LogP contribution in [0.2, 0.25) is 0 Å². The second-order valence-electron chi connectivity index (χ2n) is 7.79. The summed E-state index contributed by atoms with van der Waals surface area (Å²) >= 11 is 0. The van der Waals surface area contributed by atoms with E-state index in [1.807, 2.05) is 29.2 Å². The molecule has 0 aromatic heterocycles. The van der Waals surface area contributed by atoms with Gasteiger partial charge < -0.3 is 14.7 Å². The minimum absolute atomic E-state index is 0.0193. The Bertz CT molecular complexity index is 614. The van der Waals surface area contributed by atoms with Gasteiger partial charge in [-0.25, -0.2) is 0 Å². The van der Waals surface area contributed by atoms with Crippen LogP contribution < -0.4 is 4.74 Å². The Morgan fingerprint density at radius 2 is 2.00 bits per heavy atom. The van der Waals surface area contributed by atoms with Crippen LogP contribution in [-0.4, -0.2) is 34.1 Å². The Kier molecular flexibility index (Phi) is 5.70. The molecule has 0 radical (unpaired) electrons. The van der Waals surface area contributed by atoms with E-state index in [2.05, 4.69) is 20.8 Å². The van der Waals surface area contributed by atoms with E-state index in [0.29, 0.717) is 30.4 Å². The van der Waals surface area contributed by atoms with E-state index in [1.54, 1.807) is 19.9 Å². The van der Waals surface area contributed by atoms with Crippen LogP contribution in [0.25, 0.3) is 0 Å². The molecule has 0 saturated heterocycles. The summed E-state index contributed by atoms with van der Waals surface area (Å²) in [6.45, 7) is 10.5. The smallest absolute Gasteiger partial charge is 0.250 e. The van der Waals surface area contributed by atoms with Gasteiger partial charge in [0.15, 0.2) is 0 Å². The highest BCUT2D eigenvalue weighted by atomic mass is 16.5. The average Bonchev–Trinajstić information content (AvgIpc) is 2.77. The summed E-state index contributed by atoms with van der Waals surface area (Å²) in [5, 5.41) is 9.95. The maximum Gasteiger partial charge on any atom is 0.250 e. The fourth-order valence-electron chi connectivity index (χ4n) is 3.13. The molecule has 132 valence electrons. The minimum Gasteiger partial charge on any atom is -0.460 e. The molecule has 0 spiro atoms. The zero-order valence-corrected chi connectivity index (χ0v) is 15.4. The van der Waals surface area contributed by atoms with Crippen molar-refractivity contribution in [3.8, 4) is 5.75 Å². The third kappa shape index (κ3) is 5.38. The molecule has 4 heteroatoms. The first kappa shape index (κ1) is 18.5. The lowest BCUT2D eigenvalue weighted by Gasteiger charge is -2.26. The van der Waals surface area contributed by atoms with Gasteiger partial charge in [0.25, 0.3) is 5.91 Å². The van der Waals surface area contributed by atoms with E-state index >= 15 is 0 Å². The van der Waals surface area contributed by atoms with Crippen molar-refractivity contribution in [2.75, 3.05) is 6.54 Å². The Hall–Kier alpha value is -1.81. The SMILES string of the molecule is CC(C)CC(C)N1CC(Oc2cccc(CC(C)(C)O)c2)=CC1=O. The lowest BCUT2D eigenvalue weighted by Crippen LogP contribution is -2.36. The molecule has 0 saturated carbocycles. The van der Waals surface area contributed by atoms with E-state index in [0.717, 1.165) is 12.0 Å². The number of hydrogen-bond donors (Lipinski definition) is 1. The molecule has 1 N–H and O–H groups in total. The van der Waals surface area contributed by atoms with E-state index in [1.165, 1.54) is 0 Å². The first-order valence-electron chi connectivity index (χ1n) is 8.64. The predicted molar refractivity (Wildman–Crippen MR) is 95.8 cm³/mol. The molecular formula is C20H29NO3. The number of amides is 1. The van der Waals surface area contributed by atoms with Gasteiger partial charge in [-0.2, -0.15) is 0 Å². The van der Waals surface area contributed by atoms with Gasteiger partial charge in [0.2, 0.25) is 0 Å². The van der Waals surface area contributed by atoms with Gasteiger partial charge in [0, 0.05) is 18.5 Å². The van der Waals surface area contributed by atoms with Crippen LogP contribution in [0.1, 0.15) is 46.6 Å². The molecule has 1 amide bonds. The molecule has 0 aliphatic carbocycles. The van der Waals surface area contributed by atoms with Gasteiger partial charge in [-0.05, 0) is 50.8 Å². The molecule has 1 aliphatic rings. The largest absolute Gasteiger partial charge is 0.460 e. The number of ether oxygens (including phenoxy) is 1. The highest BCUT2D eigenvalue weighted by Gasteiger charge is 2.27. The highest BCUT2D eigenvalue weighted by molar-refractivity contribution is 5.91. The molecule has 1 heterocycles. The van der Waals surface area contributed by atoms with Crippen molar-refractivity contribution in [1.82, 2.24) is 4.90 Å². The Morgan fingerprint density at radius 1 is 1.29 bits per heavy atom. The monoisotopic (exact) mass is 331 g/mol. The molecule has 1 aromatic rings. The molecule has 1 unspecified atom stereocenters. The fraction of sp³-hybridized carbons (Fsp3) is 0.550. The summed E-state index contributed by atoms with van der Waals surface area (Å²) in [4.78, 5) is 14.0. The van der Waals surface area contributed by atoms with Crippen LogP contribution in [0.4, 0.5) is 0 Å². The van der Waals surface area contributed by atoms with E-state index < -0.39 is 5.60 Å². The van der Waals surface area contributed by atoms with Crippen LogP contribution in [0.15, 0.2) is 36.1 Å². The predicted octanol–water partition coefficient (Wildman–Crippen LogP) is 3.54. The zero-order valence-electron chi connectivity index (χ0n) is 15.4. The van der Waals surface area contributed by atoms with Gasteiger partial charge in [-0.3, -0.25) is 4.79 Å². The van der Waals surface area contributed by atoms with Crippen molar-refractivity contribution in [2.24, 2.45) is 5.92 Å². The molecule has 2 rings (SSSR count). The summed E-state index contributed by atoms with van der Waals surface area (Å²) in [5.74, 6) is 1.95. The van der Waals surface area contributed by atoms with Gasteiger partial charge >= 0.3 is 0 Å². The van der Waals surface area contributed by atoms with Gasteiger partial charge in [0.1, 0.15) is 11.5 Å². The molecule has 1 aromatic carbocycles. The highest BCUT2D eigenvalue weighted by Crippen LogP contribution is 2.24. The number of hydrogen-bond acceptors (Lipinski definition) is 3. The van der Waals surface area contributed by atoms with Gasteiger partial charge in [-0.1, -0.05) is 26.0 Å². The molecule has 24 heavy (non-hydrogen) atoms. The van der Waals surface area contributed by atoms with Gasteiger partial charge in [-0.15, -0.1) is 0 Å². The number of rotatable bonds is 7. The minimum atomic E-state index is -0.760. The number of aliphatic hydroxyl groups is 1. The number of carbonyl (C=O) groups is 1. The van der Waals surface area contributed by atoms with E-state index in [9.17, 15) is 9.90 Å². The molecule has 4 nitrogen and oxygen atoms in total. The first-order chi connectivity index (χ1) is 11.1. The second kappa shape index (κ2) is 7.39. The lowest BCUT2D eigenvalue weighted by atomic mass is 9.99.